The molecule has 0 saturated carbocycles. The number of sulfonamides is 1. The van der Waals surface area contributed by atoms with Gasteiger partial charge >= 0.3 is 0 Å². The lowest BCUT2D eigenvalue weighted by Crippen LogP contribution is -2.42. The number of para-hydroxylation sites is 1. The number of likely N-dealkylation sites (N-methyl/N-ethyl adjacent to an activating group) is 1. The topological polar surface area (TPSA) is 57.7 Å². The molecule has 0 atom stereocenters. The normalized spacial score (nSPS) is 11.9. The molecule has 20 heavy (non-hydrogen) atoms. The fraction of sp³-hybridized carbons (Fsp3) is 0.500. The van der Waals surface area contributed by atoms with E-state index in [2.05, 4.69) is 0 Å². The van der Waals surface area contributed by atoms with E-state index in [0.717, 1.165) is 11.9 Å². The maximum atomic E-state index is 12.2. The smallest absolute Gasteiger partial charge is 0.242 e. The fourth-order valence-corrected chi connectivity index (χ4v) is 2.69. The van der Waals surface area contributed by atoms with Gasteiger partial charge in [0.05, 0.1) is 12.8 Å². The maximum Gasteiger partial charge on any atom is 0.242 e. The highest BCUT2D eigenvalue weighted by Crippen LogP contribution is 2.12. The van der Waals surface area contributed by atoms with Crippen molar-refractivity contribution in [3.05, 3.63) is 30.3 Å². The summed E-state index contributed by atoms with van der Waals surface area (Å²) in [7, 11) is -1.74. The number of anilines is 1. The van der Waals surface area contributed by atoms with Gasteiger partial charge in [-0.05, 0) is 18.1 Å². The van der Waals surface area contributed by atoms with Crippen LogP contribution in [0, 0.1) is 5.92 Å². The highest BCUT2D eigenvalue weighted by atomic mass is 32.2. The lowest BCUT2D eigenvalue weighted by molar-refractivity contribution is -0.118. The second kappa shape index (κ2) is 6.85. The molecule has 0 heterocycles. The van der Waals surface area contributed by atoms with Crippen LogP contribution in [0.3, 0.4) is 0 Å². The van der Waals surface area contributed by atoms with E-state index in [-0.39, 0.29) is 18.4 Å². The third-order valence-electron chi connectivity index (χ3n) is 2.87. The van der Waals surface area contributed by atoms with Crippen LogP contribution in [-0.4, -0.2) is 45.0 Å². The third kappa shape index (κ3) is 4.94. The highest BCUT2D eigenvalue weighted by molar-refractivity contribution is 7.88. The first-order valence-corrected chi connectivity index (χ1v) is 8.33. The van der Waals surface area contributed by atoms with Crippen LogP contribution in [0.5, 0.6) is 0 Å². The molecule has 1 rings (SSSR count). The molecule has 0 N–H and O–H groups in total. The first kappa shape index (κ1) is 16.7. The first-order valence-electron chi connectivity index (χ1n) is 6.48. The molecule has 0 fully saturated rings. The Hall–Kier alpha value is -1.40. The molecule has 0 aliphatic carbocycles. The predicted octanol–water partition coefficient (Wildman–Crippen LogP) is 1.57. The van der Waals surface area contributed by atoms with Crippen molar-refractivity contribution in [2.75, 3.05) is 31.3 Å². The molecule has 0 aliphatic rings. The molecule has 0 spiro atoms. The highest BCUT2D eigenvalue weighted by Gasteiger charge is 2.23. The minimum Gasteiger partial charge on any atom is -0.314 e. The van der Waals surface area contributed by atoms with E-state index in [1.165, 1.54) is 9.21 Å². The van der Waals surface area contributed by atoms with Crippen LogP contribution in [0.15, 0.2) is 30.3 Å². The summed E-state index contributed by atoms with van der Waals surface area (Å²) in [4.78, 5) is 13.7. The van der Waals surface area contributed by atoms with Crippen LogP contribution in [0.1, 0.15) is 13.8 Å². The summed E-state index contributed by atoms with van der Waals surface area (Å²) in [5, 5.41) is 0. The summed E-state index contributed by atoms with van der Waals surface area (Å²) in [6, 6.07) is 9.16. The third-order valence-corrected chi connectivity index (χ3v) is 4.08. The van der Waals surface area contributed by atoms with E-state index >= 15 is 0 Å². The van der Waals surface area contributed by atoms with Gasteiger partial charge in [0.25, 0.3) is 0 Å². The lowest BCUT2D eigenvalue weighted by atomic mass is 10.2. The number of hydrogen-bond acceptors (Lipinski definition) is 3. The SMILES string of the molecule is CC(C)CN(CC(=O)N(C)c1ccccc1)S(C)(=O)=O. The second-order valence-electron chi connectivity index (χ2n) is 5.24. The Labute approximate surface area is 121 Å². The molecular formula is C14H22N2O3S. The Kier molecular flexibility index (Phi) is 5.71. The van der Waals surface area contributed by atoms with Gasteiger partial charge in [-0.25, -0.2) is 8.42 Å². The van der Waals surface area contributed by atoms with E-state index < -0.39 is 10.0 Å². The predicted molar refractivity (Wildman–Crippen MR) is 81.1 cm³/mol. The van der Waals surface area contributed by atoms with Gasteiger partial charge in [0.15, 0.2) is 0 Å². The summed E-state index contributed by atoms with van der Waals surface area (Å²) in [5.74, 6) is -0.0816. The molecule has 0 bridgehead atoms. The van der Waals surface area contributed by atoms with Crippen molar-refractivity contribution in [2.24, 2.45) is 5.92 Å². The standard InChI is InChI=1S/C14H22N2O3S/c1-12(2)10-16(20(4,18)19)11-14(17)15(3)13-8-6-5-7-9-13/h5-9,12H,10-11H2,1-4H3. The van der Waals surface area contributed by atoms with Gasteiger partial charge in [-0.15, -0.1) is 0 Å². The largest absolute Gasteiger partial charge is 0.314 e. The summed E-state index contributed by atoms with van der Waals surface area (Å²) >= 11 is 0. The monoisotopic (exact) mass is 298 g/mol. The molecule has 1 aromatic carbocycles. The average molecular weight is 298 g/mol. The minimum atomic E-state index is -3.38. The van der Waals surface area contributed by atoms with Gasteiger partial charge in [-0.3, -0.25) is 4.79 Å². The molecule has 1 amide bonds. The van der Waals surface area contributed by atoms with E-state index in [1.54, 1.807) is 7.05 Å². The number of nitrogens with zero attached hydrogens (tertiary/aromatic N) is 2. The van der Waals surface area contributed by atoms with Crippen molar-refractivity contribution in [3.8, 4) is 0 Å². The molecule has 0 aromatic heterocycles. The Morgan fingerprint density at radius 1 is 1.20 bits per heavy atom. The number of carbonyl (C=O) groups excluding carboxylic acids is 1. The number of carbonyl (C=O) groups is 1. The molecular weight excluding hydrogens is 276 g/mol. The Bertz CT molecular complexity index is 541. The molecule has 1 aromatic rings. The van der Waals surface area contributed by atoms with Crippen molar-refractivity contribution < 1.29 is 13.2 Å². The number of hydrogen-bond donors (Lipinski definition) is 0. The van der Waals surface area contributed by atoms with E-state index in [1.807, 2.05) is 44.2 Å². The number of benzene rings is 1. The van der Waals surface area contributed by atoms with Gasteiger partial charge in [0, 0.05) is 19.3 Å². The minimum absolute atomic E-state index is 0.137. The van der Waals surface area contributed by atoms with Gasteiger partial charge in [-0.2, -0.15) is 4.31 Å². The first-order chi connectivity index (χ1) is 9.21. The van der Waals surface area contributed by atoms with Crippen molar-refractivity contribution >= 4 is 21.6 Å². The molecule has 112 valence electrons. The number of amides is 1. The lowest BCUT2D eigenvalue weighted by Gasteiger charge is -2.24. The van der Waals surface area contributed by atoms with Crippen LogP contribution in [0.4, 0.5) is 5.69 Å². The van der Waals surface area contributed by atoms with Crippen LogP contribution >= 0.6 is 0 Å². The van der Waals surface area contributed by atoms with Crippen molar-refractivity contribution in [1.29, 1.82) is 0 Å². The van der Waals surface area contributed by atoms with Gasteiger partial charge in [-0.1, -0.05) is 32.0 Å². The van der Waals surface area contributed by atoms with E-state index in [4.69, 9.17) is 0 Å². The Balaban J connectivity index is 2.81. The van der Waals surface area contributed by atoms with Crippen LogP contribution in [0.2, 0.25) is 0 Å². The zero-order valence-electron chi connectivity index (χ0n) is 12.4. The summed E-state index contributed by atoms with van der Waals surface area (Å²) in [6.45, 7) is 4.04. The zero-order chi connectivity index (χ0) is 15.3. The van der Waals surface area contributed by atoms with Crippen molar-refractivity contribution in [3.63, 3.8) is 0 Å². The zero-order valence-corrected chi connectivity index (χ0v) is 13.2. The number of rotatable bonds is 6. The Morgan fingerprint density at radius 2 is 1.75 bits per heavy atom. The summed E-state index contributed by atoms with van der Waals surface area (Å²) in [5.41, 5.74) is 0.746. The summed E-state index contributed by atoms with van der Waals surface area (Å²) in [6.07, 6.45) is 1.13. The maximum absolute atomic E-state index is 12.2. The van der Waals surface area contributed by atoms with Gasteiger partial charge in [0.1, 0.15) is 0 Å². The summed E-state index contributed by atoms with van der Waals surface area (Å²) < 4.78 is 24.7. The average Bonchev–Trinajstić information content (AvgIpc) is 2.36. The molecule has 0 aliphatic heterocycles. The van der Waals surface area contributed by atoms with E-state index in [0.29, 0.717) is 6.54 Å². The second-order valence-corrected chi connectivity index (χ2v) is 7.22. The molecule has 0 radical (unpaired) electrons. The van der Waals surface area contributed by atoms with Crippen LogP contribution in [0.25, 0.3) is 0 Å². The Morgan fingerprint density at radius 3 is 2.20 bits per heavy atom. The van der Waals surface area contributed by atoms with Gasteiger partial charge in [0.2, 0.25) is 15.9 Å². The van der Waals surface area contributed by atoms with Crippen molar-refractivity contribution in [2.45, 2.75) is 13.8 Å². The van der Waals surface area contributed by atoms with E-state index in [9.17, 15) is 13.2 Å². The fourth-order valence-electron chi connectivity index (χ4n) is 1.78. The van der Waals surface area contributed by atoms with Crippen LogP contribution < -0.4 is 4.90 Å². The molecule has 0 saturated heterocycles. The van der Waals surface area contributed by atoms with Crippen LogP contribution in [-0.2, 0) is 14.8 Å². The molecule has 6 heteroatoms. The molecule has 0 unspecified atom stereocenters. The quantitative estimate of drug-likeness (QED) is 0.801. The van der Waals surface area contributed by atoms with Crippen molar-refractivity contribution in [1.82, 2.24) is 4.31 Å². The molecule has 5 nitrogen and oxygen atoms in total. The van der Waals surface area contributed by atoms with Gasteiger partial charge < -0.3 is 4.90 Å².